The molecule has 0 radical (unpaired) electrons. The summed E-state index contributed by atoms with van der Waals surface area (Å²) < 4.78 is 52.7. The smallest absolute Gasteiger partial charge is 0.494 e. The van der Waals surface area contributed by atoms with Gasteiger partial charge in [-0.15, -0.1) is 0 Å². The molecule has 19 heteroatoms. The Morgan fingerprint density at radius 2 is 1.10 bits per heavy atom. The Hall–Kier alpha value is -5.59. The van der Waals surface area contributed by atoms with Crippen LogP contribution in [0.2, 0.25) is 6.82 Å². The van der Waals surface area contributed by atoms with Crippen molar-refractivity contribution in [2.75, 3.05) is 126 Å². The van der Waals surface area contributed by atoms with Crippen molar-refractivity contribution < 1.29 is 51.7 Å². The summed E-state index contributed by atoms with van der Waals surface area (Å²) in [6, 6.07) is 28.6. The Kier molecular flexibility index (Phi) is 20.3. The molecule has 15 nitrogen and oxygen atoms in total. The van der Waals surface area contributed by atoms with Gasteiger partial charge in [-0.05, 0) is 109 Å². The number of cyclic esters (lactones) is 2. The summed E-state index contributed by atoms with van der Waals surface area (Å²) in [5, 5.41) is 10.0. The molecular weight excluding hydrogens is 924 g/mol. The first-order chi connectivity index (χ1) is 35.2. The van der Waals surface area contributed by atoms with Crippen molar-refractivity contribution in [2.45, 2.75) is 71.8 Å². The second-order valence-electron chi connectivity index (χ2n) is 18.4. The van der Waals surface area contributed by atoms with E-state index < -0.39 is 7.12 Å². The Bertz CT molecular complexity index is 2330. The fourth-order valence-electron chi connectivity index (χ4n) is 9.84. The highest BCUT2D eigenvalue weighted by Crippen LogP contribution is 2.28. The molecule has 0 spiro atoms. The van der Waals surface area contributed by atoms with Crippen LogP contribution in [-0.4, -0.2) is 159 Å². The van der Waals surface area contributed by atoms with E-state index in [1.54, 1.807) is 9.80 Å². The van der Waals surface area contributed by atoms with Gasteiger partial charge in [-0.2, -0.15) is 0 Å². The van der Waals surface area contributed by atoms with E-state index in [2.05, 4.69) is 68.9 Å². The lowest BCUT2D eigenvalue weighted by molar-refractivity contribution is 0.138. The number of alkyl halides is 2. The van der Waals surface area contributed by atoms with Gasteiger partial charge in [-0.25, -0.2) is 9.59 Å². The van der Waals surface area contributed by atoms with Crippen LogP contribution in [0.1, 0.15) is 50.7 Å². The van der Waals surface area contributed by atoms with E-state index >= 15 is 0 Å². The minimum Gasteiger partial charge on any atom is -0.494 e. The highest BCUT2D eigenvalue weighted by Gasteiger charge is 2.33. The quantitative estimate of drug-likeness (QED) is 0.0938. The van der Waals surface area contributed by atoms with E-state index in [0.29, 0.717) is 47.3 Å². The number of piperazine rings is 2. The lowest BCUT2D eigenvalue weighted by Gasteiger charge is -2.36. The van der Waals surface area contributed by atoms with Crippen LogP contribution in [0.5, 0.6) is 11.5 Å². The van der Waals surface area contributed by atoms with Crippen molar-refractivity contribution in [3.8, 4) is 11.5 Å². The first-order valence-electron chi connectivity index (χ1n) is 25.5. The highest BCUT2D eigenvalue weighted by molar-refractivity contribution is 6.67. The zero-order valence-corrected chi connectivity index (χ0v) is 42.7. The summed E-state index contributed by atoms with van der Waals surface area (Å²) >= 11 is 0. The predicted octanol–water partition coefficient (Wildman–Crippen LogP) is 6.77. The Labute approximate surface area is 425 Å². The molecule has 2 unspecified atom stereocenters. The van der Waals surface area contributed by atoms with Crippen molar-refractivity contribution in [1.29, 1.82) is 0 Å². The van der Waals surface area contributed by atoms with Crippen LogP contribution in [0.25, 0.3) is 0 Å². The first kappa shape index (κ1) is 54.2. The molecular formula is C53H72B2F2N6O9. The number of fused-ring (bicyclic) bond motifs is 2. The number of ether oxygens (including phenoxy) is 4. The minimum atomic E-state index is -0.884. The third kappa shape index (κ3) is 13.7. The molecule has 10 rings (SSSR count). The SMILES string of the molecule is CCC1CN(c2ccc(N3CCN(CCCOc4ccc5c(c4)B(C)OC5)CC3)cc2)C(=O)O1.CCC1CN(c2ccc(N3CCN(CCCOc4cccc5c4B(O)OC5)CC3)cc2)C(=O)O1.CF.CF. The molecule has 1 N–H and O–H groups in total. The number of anilines is 4. The number of carbonyl (C=O) groups excluding carboxylic acids is 2. The molecule has 0 aromatic heterocycles. The molecule has 2 atom stereocenters. The van der Waals surface area contributed by atoms with Gasteiger partial charge in [0.1, 0.15) is 23.7 Å². The van der Waals surface area contributed by atoms with Crippen LogP contribution < -0.4 is 40.0 Å². The monoisotopic (exact) mass is 997 g/mol. The molecule has 6 aliphatic heterocycles. The minimum absolute atomic E-state index is 0.00245. The van der Waals surface area contributed by atoms with E-state index in [1.165, 1.54) is 22.4 Å². The molecule has 4 fully saturated rings. The standard InChI is InChI=1S/C26H34BN3O4.C25H32BN3O5.2CH3F/c1-3-23-18-30(26(31)34-23)22-8-6-21(7-9-22)29-14-12-28(13-15-29)11-4-16-32-24-10-5-20-19-33-27(2)25(20)17-24;1-2-22-17-29(25(30)34-22)21-9-7-20(8-10-21)28-14-12-27(13-15-28)11-4-16-32-23-6-3-5-19-18-33-26(31)24(19)23;2*1-2/h5-10,17,23H,3-4,11-16,18-19H2,1-2H3;3,5-10,22,31H,2,4,11-18H2,1H3;2*1H3. The van der Waals surface area contributed by atoms with Crippen LogP contribution in [0.15, 0.2) is 84.9 Å². The second-order valence-corrected chi connectivity index (χ2v) is 18.4. The van der Waals surface area contributed by atoms with E-state index in [1.807, 2.05) is 56.3 Å². The maximum absolute atomic E-state index is 12.1. The van der Waals surface area contributed by atoms with Gasteiger partial charge in [0.05, 0.1) is 53.9 Å². The average molecular weight is 997 g/mol. The lowest BCUT2D eigenvalue weighted by atomic mass is 9.64. The number of nitrogens with zero attached hydrogens (tertiary/aromatic N) is 6. The Morgan fingerprint density at radius 1 is 0.611 bits per heavy atom. The van der Waals surface area contributed by atoms with Gasteiger partial charge < -0.3 is 43.1 Å². The van der Waals surface area contributed by atoms with Crippen LogP contribution in [-0.2, 0) is 32.0 Å². The van der Waals surface area contributed by atoms with E-state index in [4.69, 9.17) is 28.3 Å². The lowest BCUT2D eigenvalue weighted by Crippen LogP contribution is -2.46. The highest BCUT2D eigenvalue weighted by atomic mass is 19.1. The number of rotatable bonds is 16. The maximum atomic E-state index is 12.1. The fourth-order valence-corrected chi connectivity index (χ4v) is 9.84. The number of halogens is 2. The molecule has 388 valence electrons. The van der Waals surface area contributed by atoms with Crippen LogP contribution in [0.4, 0.5) is 41.1 Å². The summed E-state index contributed by atoms with van der Waals surface area (Å²) in [7, 11) is 0.116. The fraction of sp³-hybridized carbons (Fsp3) is 0.509. The molecule has 0 saturated carbocycles. The van der Waals surface area contributed by atoms with Gasteiger partial charge in [0.25, 0.3) is 0 Å². The second kappa shape index (κ2) is 26.9. The summed E-state index contributed by atoms with van der Waals surface area (Å²) in [5.41, 5.74) is 8.50. The molecule has 0 bridgehead atoms. The molecule has 4 aromatic rings. The van der Waals surface area contributed by atoms with E-state index in [0.717, 1.165) is 132 Å². The van der Waals surface area contributed by atoms with Crippen molar-refractivity contribution in [1.82, 2.24) is 9.80 Å². The Morgan fingerprint density at radius 3 is 1.60 bits per heavy atom. The van der Waals surface area contributed by atoms with Crippen LogP contribution >= 0.6 is 0 Å². The number of benzene rings is 4. The molecule has 2 amide bonds. The molecule has 6 aliphatic rings. The zero-order valence-electron chi connectivity index (χ0n) is 42.7. The van der Waals surface area contributed by atoms with Crippen molar-refractivity contribution in [3.63, 3.8) is 0 Å². The van der Waals surface area contributed by atoms with Gasteiger partial charge >= 0.3 is 26.2 Å². The Balaban J connectivity index is 0.000000198. The van der Waals surface area contributed by atoms with Crippen LogP contribution in [0.3, 0.4) is 0 Å². The summed E-state index contributed by atoms with van der Waals surface area (Å²) in [5.74, 6) is 1.67. The molecule has 6 heterocycles. The molecule has 0 aliphatic carbocycles. The maximum Gasteiger partial charge on any atom is 0.495 e. The summed E-state index contributed by atoms with van der Waals surface area (Å²) in [6.07, 6.45) is 3.12. The number of hydrogen-bond donors (Lipinski definition) is 1. The summed E-state index contributed by atoms with van der Waals surface area (Å²) in [6.45, 7) is 20.2. The van der Waals surface area contributed by atoms with Crippen molar-refractivity contribution in [2.24, 2.45) is 0 Å². The third-order valence-corrected chi connectivity index (χ3v) is 14.1. The predicted molar refractivity (Wildman–Crippen MR) is 282 cm³/mol. The van der Waals surface area contributed by atoms with Gasteiger partial charge in [-0.3, -0.25) is 28.4 Å². The number of amides is 2. The first-order valence-corrected chi connectivity index (χ1v) is 25.5. The van der Waals surface area contributed by atoms with Crippen molar-refractivity contribution >= 4 is 59.9 Å². The normalized spacial score (nSPS) is 19.6. The van der Waals surface area contributed by atoms with Gasteiger partial charge in [0.15, 0.2) is 0 Å². The molecule has 4 saturated heterocycles. The van der Waals surface area contributed by atoms with E-state index in [9.17, 15) is 23.4 Å². The largest absolute Gasteiger partial charge is 0.495 e. The number of carbonyl (C=O) groups is 2. The van der Waals surface area contributed by atoms with E-state index in [-0.39, 0.29) is 31.3 Å². The summed E-state index contributed by atoms with van der Waals surface area (Å²) in [4.78, 5) is 37.4. The zero-order chi connectivity index (χ0) is 51.0. The van der Waals surface area contributed by atoms with Crippen LogP contribution in [0, 0.1) is 0 Å². The van der Waals surface area contributed by atoms with Gasteiger partial charge in [0.2, 0.25) is 0 Å². The molecule has 4 aromatic carbocycles. The number of hydrogen-bond acceptors (Lipinski definition) is 13. The third-order valence-electron chi connectivity index (χ3n) is 14.1. The average Bonchev–Trinajstić information content (AvgIpc) is 4.23. The van der Waals surface area contributed by atoms with Gasteiger partial charge in [0, 0.05) is 93.7 Å². The van der Waals surface area contributed by atoms with Crippen molar-refractivity contribution in [3.05, 3.63) is 96.1 Å². The topological polar surface area (TPSA) is 129 Å². The van der Waals surface area contributed by atoms with Gasteiger partial charge in [-0.1, -0.05) is 38.9 Å². The molecule has 72 heavy (non-hydrogen) atoms.